The second kappa shape index (κ2) is 5.55. The normalized spacial score (nSPS) is 13.3. The molecule has 0 fully saturated rings. The Labute approximate surface area is 131 Å². The molecule has 4 nitrogen and oxygen atoms in total. The molecule has 6 heteroatoms. The van der Waals surface area contributed by atoms with Gasteiger partial charge in [-0.2, -0.15) is 0 Å². The molecule has 0 aliphatic carbocycles. The number of nitrogens with zero attached hydrogens (tertiary/aromatic N) is 2. The number of benzene rings is 2. The van der Waals surface area contributed by atoms with Crippen LogP contribution in [0, 0.1) is 11.6 Å². The number of halogens is 2. The predicted octanol–water partition coefficient (Wildman–Crippen LogP) is 3.12. The van der Waals surface area contributed by atoms with Gasteiger partial charge in [0.1, 0.15) is 5.82 Å². The maximum atomic E-state index is 13.3. The van der Waals surface area contributed by atoms with Crippen molar-refractivity contribution in [2.45, 2.75) is 19.6 Å². The highest BCUT2D eigenvalue weighted by molar-refractivity contribution is 5.75. The smallest absolute Gasteiger partial charge is 0.161 e. The van der Waals surface area contributed by atoms with Crippen molar-refractivity contribution in [1.29, 1.82) is 0 Å². The number of anilines is 1. The van der Waals surface area contributed by atoms with Gasteiger partial charge in [-0.25, -0.2) is 13.8 Å². The molecule has 0 saturated heterocycles. The van der Waals surface area contributed by atoms with E-state index in [-0.39, 0.29) is 0 Å². The number of aromatic nitrogens is 2. The minimum absolute atomic E-state index is 0.326. The number of rotatable bonds is 3. The van der Waals surface area contributed by atoms with E-state index < -0.39 is 11.6 Å². The first-order valence-corrected chi connectivity index (χ1v) is 7.36. The summed E-state index contributed by atoms with van der Waals surface area (Å²) < 4.78 is 26.5. The topological polar surface area (TPSA) is 49.8 Å². The molecule has 2 aromatic carbocycles. The second-order valence-electron chi connectivity index (χ2n) is 5.57. The van der Waals surface area contributed by atoms with Crippen molar-refractivity contribution in [2.24, 2.45) is 0 Å². The summed E-state index contributed by atoms with van der Waals surface area (Å²) in [7, 11) is 0. The fraction of sp³-hybridized carbons (Fsp3) is 0.176. The highest BCUT2D eigenvalue weighted by Gasteiger charge is 2.10. The van der Waals surface area contributed by atoms with Crippen LogP contribution in [0.3, 0.4) is 0 Å². The molecule has 0 bridgehead atoms. The van der Waals surface area contributed by atoms with Crippen molar-refractivity contribution in [3.8, 4) is 0 Å². The molecule has 4 rings (SSSR count). The molecule has 2 N–H and O–H groups in total. The average molecular weight is 312 g/mol. The molecule has 1 aliphatic heterocycles. The quantitative estimate of drug-likeness (QED) is 0.780. The Morgan fingerprint density at radius 1 is 1.00 bits per heavy atom. The average Bonchev–Trinajstić information content (AvgIpc) is 3.01. The Hall–Kier alpha value is -2.60. The maximum Gasteiger partial charge on any atom is 0.161 e. The van der Waals surface area contributed by atoms with Crippen molar-refractivity contribution in [2.75, 3.05) is 5.32 Å². The Morgan fingerprint density at radius 2 is 1.78 bits per heavy atom. The van der Waals surface area contributed by atoms with Gasteiger partial charge in [0.2, 0.25) is 0 Å². The molecule has 1 aliphatic rings. The molecule has 2 heterocycles. The molecule has 0 spiro atoms. The summed E-state index contributed by atoms with van der Waals surface area (Å²) in [5.74, 6) is -1.31. The lowest BCUT2D eigenvalue weighted by Crippen LogP contribution is -2.03. The summed E-state index contributed by atoms with van der Waals surface area (Å²) >= 11 is 0. The highest BCUT2D eigenvalue weighted by Crippen LogP contribution is 2.19. The van der Waals surface area contributed by atoms with Gasteiger partial charge in [-0.1, -0.05) is 18.2 Å². The van der Waals surface area contributed by atoms with Gasteiger partial charge in [0, 0.05) is 31.8 Å². The minimum atomic E-state index is -0.921. The molecule has 0 saturated carbocycles. The van der Waals surface area contributed by atoms with Crippen LogP contribution in [0.2, 0.25) is 0 Å². The maximum absolute atomic E-state index is 13.3. The summed E-state index contributed by atoms with van der Waals surface area (Å²) in [5.41, 5.74) is 4.44. The molecule has 0 unspecified atom stereocenters. The minimum Gasteiger partial charge on any atom is -0.365 e. The van der Waals surface area contributed by atoms with E-state index in [1.807, 2.05) is 0 Å². The fourth-order valence-corrected chi connectivity index (χ4v) is 2.74. The SMILES string of the molecule is Fc1cc2ncc(NCc3ccc4c(c3)CNC4)nc2cc1F. The number of fused-ring (bicyclic) bond motifs is 2. The molecule has 0 atom stereocenters. The van der Waals surface area contributed by atoms with E-state index in [0.717, 1.165) is 30.8 Å². The van der Waals surface area contributed by atoms with E-state index in [0.29, 0.717) is 23.4 Å². The van der Waals surface area contributed by atoms with Gasteiger partial charge in [-0.05, 0) is 16.7 Å². The summed E-state index contributed by atoms with van der Waals surface area (Å²) in [6.07, 6.45) is 1.52. The predicted molar refractivity (Wildman–Crippen MR) is 83.8 cm³/mol. The number of nitrogens with one attached hydrogen (secondary N) is 2. The van der Waals surface area contributed by atoms with Gasteiger partial charge in [0.05, 0.1) is 17.2 Å². The standard InChI is InChI=1S/C17H14F2N4/c18-13-4-15-16(5-14(13)19)23-17(9-21-15)22-6-10-1-2-11-7-20-8-12(11)3-10/h1-5,9,20H,6-8H2,(H,22,23). The Kier molecular flexibility index (Phi) is 3.38. The first-order chi connectivity index (χ1) is 11.2. The van der Waals surface area contributed by atoms with E-state index >= 15 is 0 Å². The van der Waals surface area contributed by atoms with Crippen LogP contribution in [0.1, 0.15) is 16.7 Å². The third-order valence-electron chi connectivity index (χ3n) is 3.96. The highest BCUT2D eigenvalue weighted by atomic mass is 19.2. The van der Waals surface area contributed by atoms with Gasteiger partial charge < -0.3 is 10.6 Å². The third-order valence-corrected chi connectivity index (χ3v) is 3.96. The van der Waals surface area contributed by atoms with Crippen LogP contribution in [-0.4, -0.2) is 9.97 Å². The van der Waals surface area contributed by atoms with Gasteiger partial charge in [-0.3, -0.25) is 4.98 Å². The number of hydrogen-bond donors (Lipinski definition) is 2. The molecule has 116 valence electrons. The summed E-state index contributed by atoms with van der Waals surface area (Å²) in [4.78, 5) is 8.38. The van der Waals surface area contributed by atoms with Crippen LogP contribution >= 0.6 is 0 Å². The van der Waals surface area contributed by atoms with E-state index in [1.165, 1.54) is 17.3 Å². The van der Waals surface area contributed by atoms with Crippen molar-refractivity contribution < 1.29 is 8.78 Å². The van der Waals surface area contributed by atoms with Crippen LogP contribution in [0.15, 0.2) is 36.5 Å². The van der Waals surface area contributed by atoms with E-state index in [4.69, 9.17) is 0 Å². The number of hydrogen-bond acceptors (Lipinski definition) is 4. The van der Waals surface area contributed by atoms with Crippen molar-refractivity contribution in [3.63, 3.8) is 0 Å². The molecule has 23 heavy (non-hydrogen) atoms. The van der Waals surface area contributed by atoms with E-state index in [2.05, 4.69) is 38.8 Å². The van der Waals surface area contributed by atoms with E-state index in [9.17, 15) is 8.78 Å². The van der Waals surface area contributed by atoms with Crippen LogP contribution in [-0.2, 0) is 19.6 Å². The first-order valence-electron chi connectivity index (χ1n) is 7.36. The monoisotopic (exact) mass is 312 g/mol. The zero-order chi connectivity index (χ0) is 15.8. The lowest BCUT2D eigenvalue weighted by atomic mass is 10.1. The summed E-state index contributed by atoms with van der Waals surface area (Å²) in [5, 5.41) is 6.48. The molecular formula is C17H14F2N4. The molecule has 3 aromatic rings. The molecule has 1 aromatic heterocycles. The second-order valence-corrected chi connectivity index (χ2v) is 5.57. The zero-order valence-corrected chi connectivity index (χ0v) is 12.2. The Morgan fingerprint density at radius 3 is 2.65 bits per heavy atom. The van der Waals surface area contributed by atoms with Gasteiger partial charge >= 0.3 is 0 Å². The lowest BCUT2D eigenvalue weighted by molar-refractivity contribution is 0.510. The third kappa shape index (κ3) is 2.73. The Bertz CT molecular complexity index is 895. The van der Waals surface area contributed by atoms with Crippen LogP contribution in [0.25, 0.3) is 11.0 Å². The molecule has 0 radical (unpaired) electrons. The van der Waals surface area contributed by atoms with Crippen LogP contribution < -0.4 is 10.6 Å². The summed E-state index contributed by atoms with van der Waals surface area (Å²) in [6.45, 7) is 2.41. The van der Waals surface area contributed by atoms with Crippen molar-refractivity contribution >= 4 is 16.9 Å². The zero-order valence-electron chi connectivity index (χ0n) is 12.2. The molecular weight excluding hydrogens is 298 g/mol. The van der Waals surface area contributed by atoms with E-state index in [1.54, 1.807) is 0 Å². The summed E-state index contributed by atoms with van der Waals surface area (Å²) in [6, 6.07) is 8.46. The van der Waals surface area contributed by atoms with Gasteiger partial charge in [0.25, 0.3) is 0 Å². The lowest BCUT2D eigenvalue weighted by Gasteiger charge is -2.08. The fourth-order valence-electron chi connectivity index (χ4n) is 2.74. The molecule has 0 amide bonds. The van der Waals surface area contributed by atoms with Crippen molar-refractivity contribution in [3.05, 3.63) is 64.9 Å². The van der Waals surface area contributed by atoms with Crippen molar-refractivity contribution in [1.82, 2.24) is 15.3 Å². The largest absolute Gasteiger partial charge is 0.365 e. The van der Waals surface area contributed by atoms with Crippen LogP contribution in [0.5, 0.6) is 0 Å². The van der Waals surface area contributed by atoms with Gasteiger partial charge in [0.15, 0.2) is 11.6 Å². The van der Waals surface area contributed by atoms with Gasteiger partial charge in [-0.15, -0.1) is 0 Å². The first kappa shape index (κ1) is 14.0. The Balaban J connectivity index is 1.54. The van der Waals surface area contributed by atoms with Crippen LogP contribution in [0.4, 0.5) is 14.6 Å².